The van der Waals surface area contributed by atoms with Gasteiger partial charge in [0.25, 0.3) is 10.0 Å². The SMILES string of the molecule is O=S(=O)(Nc1cc(Cl)cc(Cl)c1)c1ccc2c(c1)[C@H]1C=CC[C@H]1[C@@H](c1ccc(Br)cc1)N2. The van der Waals surface area contributed by atoms with Crippen LogP contribution in [0.4, 0.5) is 11.4 Å². The van der Waals surface area contributed by atoms with Crippen molar-refractivity contribution in [2.24, 2.45) is 5.92 Å². The fourth-order valence-corrected chi connectivity index (χ4v) is 6.43. The van der Waals surface area contributed by atoms with Gasteiger partial charge in [-0.25, -0.2) is 8.42 Å². The zero-order valence-electron chi connectivity index (χ0n) is 16.7. The minimum atomic E-state index is -3.80. The highest BCUT2D eigenvalue weighted by molar-refractivity contribution is 9.10. The molecule has 1 heterocycles. The Morgan fingerprint density at radius 2 is 1.69 bits per heavy atom. The lowest BCUT2D eigenvalue weighted by Crippen LogP contribution is -2.29. The second kappa shape index (κ2) is 8.41. The van der Waals surface area contributed by atoms with Crippen molar-refractivity contribution < 1.29 is 8.42 Å². The molecule has 0 saturated carbocycles. The summed E-state index contributed by atoms with van der Waals surface area (Å²) < 4.78 is 29.8. The molecule has 3 atom stereocenters. The van der Waals surface area contributed by atoms with Crippen molar-refractivity contribution in [1.82, 2.24) is 0 Å². The third-order valence-electron chi connectivity index (χ3n) is 5.99. The molecule has 3 aromatic rings. The van der Waals surface area contributed by atoms with Crippen LogP contribution in [0.25, 0.3) is 0 Å². The van der Waals surface area contributed by atoms with Gasteiger partial charge in [0, 0.05) is 26.1 Å². The van der Waals surface area contributed by atoms with Crippen LogP contribution in [0.2, 0.25) is 10.0 Å². The average Bonchev–Trinajstić information content (AvgIpc) is 3.22. The highest BCUT2D eigenvalue weighted by Crippen LogP contribution is 2.50. The number of sulfonamides is 1. The van der Waals surface area contributed by atoms with Gasteiger partial charge in [0.05, 0.1) is 16.6 Å². The zero-order chi connectivity index (χ0) is 22.5. The molecule has 32 heavy (non-hydrogen) atoms. The van der Waals surface area contributed by atoms with Gasteiger partial charge >= 0.3 is 0 Å². The van der Waals surface area contributed by atoms with E-state index >= 15 is 0 Å². The number of hydrogen-bond acceptors (Lipinski definition) is 3. The zero-order valence-corrected chi connectivity index (χ0v) is 20.6. The maximum absolute atomic E-state index is 13.1. The molecule has 0 spiro atoms. The number of hydrogen-bond donors (Lipinski definition) is 2. The van der Waals surface area contributed by atoms with Crippen molar-refractivity contribution in [2.45, 2.75) is 23.3 Å². The molecule has 0 fully saturated rings. The van der Waals surface area contributed by atoms with Crippen LogP contribution >= 0.6 is 39.1 Å². The molecule has 0 amide bonds. The van der Waals surface area contributed by atoms with Gasteiger partial charge in [-0.3, -0.25) is 4.72 Å². The molecule has 0 bridgehead atoms. The lowest BCUT2D eigenvalue weighted by Gasteiger charge is -2.37. The van der Waals surface area contributed by atoms with Crippen molar-refractivity contribution in [1.29, 1.82) is 0 Å². The van der Waals surface area contributed by atoms with Crippen molar-refractivity contribution in [3.63, 3.8) is 0 Å². The van der Waals surface area contributed by atoms with E-state index in [1.165, 1.54) is 17.7 Å². The topological polar surface area (TPSA) is 58.2 Å². The highest BCUT2D eigenvalue weighted by Gasteiger charge is 2.38. The van der Waals surface area contributed by atoms with E-state index in [-0.39, 0.29) is 16.9 Å². The normalized spacial score (nSPS) is 21.5. The molecule has 5 rings (SSSR count). The molecule has 0 unspecified atom stereocenters. The van der Waals surface area contributed by atoms with Crippen molar-refractivity contribution in [3.05, 3.63) is 98.5 Å². The summed E-state index contributed by atoms with van der Waals surface area (Å²) in [6.45, 7) is 0. The van der Waals surface area contributed by atoms with Gasteiger partial charge in [0.15, 0.2) is 0 Å². The van der Waals surface area contributed by atoms with Gasteiger partial charge in [0.2, 0.25) is 0 Å². The average molecular weight is 550 g/mol. The molecule has 8 heteroatoms. The van der Waals surface area contributed by atoms with E-state index in [0.29, 0.717) is 21.7 Å². The van der Waals surface area contributed by atoms with Crippen LogP contribution in [0.15, 0.2) is 82.2 Å². The van der Waals surface area contributed by atoms with E-state index in [1.54, 1.807) is 18.2 Å². The number of allylic oxidation sites excluding steroid dienone is 2. The molecule has 3 aromatic carbocycles. The van der Waals surface area contributed by atoms with E-state index < -0.39 is 10.0 Å². The summed E-state index contributed by atoms with van der Waals surface area (Å²) in [5.41, 5.74) is 3.49. The van der Waals surface area contributed by atoms with Crippen molar-refractivity contribution in [3.8, 4) is 0 Å². The Morgan fingerprint density at radius 3 is 2.41 bits per heavy atom. The van der Waals surface area contributed by atoms with Crippen molar-refractivity contribution >= 4 is 60.5 Å². The Kier molecular flexibility index (Phi) is 5.74. The molecule has 1 aliphatic heterocycles. The lowest BCUT2D eigenvalue weighted by molar-refractivity contribution is 0.425. The number of rotatable bonds is 4. The van der Waals surface area contributed by atoms with Gasteiger partial charge in [-0.2, -0.15) is 0 Å². The number of halogens is 3. The van der Waals surface area contributed by atoms with Gasteiger partial charge in [-0.15, -0.1) is 0 Å². The Morgan fingerprint density at radius 1 is 0.969 bits per heavy atom. The first kappa shape index (κ1) is 21.8. The fraction of sp³-hybridized carbons (Fsp3) is 0.167. The largest absolute Gasteiger partial charge is 0.378 e. The standard InChI is InChI=1S/C24H19BrCl2N2O2S/c25-15-6-4-14(5-7-15)24-21-3-1-2-20(21)22-13-19(8-9-23(22)28-24)32(30,31)29-18-11-16(26)10-17(27)12-18/h1-2,4-13,20-21,24,28-29H,3H2/t20-,21+,24+/m0/s1. The third kappa shape index (κ3) is 4.17. The second-order valence-electron chi connectivity index (χ2n) is 8.04. The predicted molar refractivity (Wildman–Crippen MR) is 134 cm³/mol. The van der Waals surface area contributed by atoms with Gasteiger partial charge < -0.3 is 5.32 Å². The number of nitrogens with one attached hydrogen (secondary N) is 2. The van der Waals surface area contributed by atoms with E-state index in [4.69, 9.17) is 23.2 Å². The number of anilines is 2. The van der Waals surface area contributed by atoms with Crippen LogP contribution in [-0.2, 0) is 10.0 Å². The molecule has 2 aliphatic rings. The van der Waals surface area contributed by atoms with Crippen LogP contribution < -0.4 is 10.0 Å². The van der Waals surface area contributed by atoms with Crippen LogP contribution in [0, 0.1) is 5.92 Å². The Labute approximate surface area is 205 Å². The summed E-state index contributed by atoms with van der Waals surface area (Å²) >= 11 is 15.5. The minimum Gasteiger partial charge on any atom is -0.378 e. The smallest absolute Gasteiger partial charge is 0.261 e. The Balaban J connectivity index is 1.49. The first-order chi connectivity index (χ1) is 15.3. The van der Waals surface area contributed by atoms with Gasteiger partial charge in [-0.05, 0) is 72.0 Å². The monoisotopic (exact) mass is 548 g/mol. The molecular formula is C24H19BrCl2N2O2S. The van der Waals surface area contributed by atoms with E-state index in [0.717, 1.165) is 22.1 Å². The minimum absolute atomic E-state index is 0.149. The first-order valence-electron chi connectivity index (χ1n) is 10.1. The lowest BCUT2D eigenvalue weighted by atomic mass is 9.77. The number of benzene rings is 3. The maximum atomic E-state index is 13.1. The molecule has 4 nitrogen and oxygen atoms in total. The molecule has 164 valence electrons. The maximum Gasteiger partial charge on any atom is 0.261 e. The van der Waals surface area contributed by atoms with E-state index in [1.807, 2.05) is 18.2 Å². The quantitative estimate of drug-likeness (QED) is 0.334. The Bertz CT molecular complexity index is 1310. The van der Waals surface area contributed by atoms with Crippen LogP contribution in [-0.4, -0.2) is 8.42 Å². The molecule has 0 radical (unpaired) electrons. The molecule has 0 aromatic heterocycles. The predicted octanol–water partition coefficient (Wildman–Crippen LogP) is 7.38. The summed E-state index contributed by atoms with van der Waals surface area (Å²) in [6, 6.07) is 18.4. The van der Waals surface area contributed by atoms with Crippen LogP contribution in [0.1, 0.15) is 29.5 Å². The van der Waals surface area contributed by atoms with Crippen LogP contribution in [0.5, 0.6) is 0 Å². The van der Waals surface area contributed by atoms with Gasteiger partial charge in [0.1, 0.15) is 0 Å². The first-order valence-corrected chi connectivity index (χ1v) is 13.1. The highest BCUT2D eigenvalue weighted by atomic mass is 79.9. The Hall–Kier alpha value is -1.99. The van der Waals surface area contributed by atoms with E-state index in [9.17, 15) is 8.42 Å². The fourth-order valence-electron chi connectivity index (χ4n) is 4.57. The summed E-state index contributed by atoms with van der Waals surface area (Å²) in [6.07, 6.45) is 5.32. The van der Waals surface area contributed by atoms with Crippen LogP contribution in [0.3, 0.4) is 0 Å². The third-order valence-corrected chi connectivity index (χ3v) is 8.33. The summed E-state index contributed by atoms with van der Waals surface area (Å²) in [4.78, 5) is 0.204. The second-order valence-corrected chi connectivity index (χ2v) is 11.5. The molecule has 0 saturated heterocycles. The summed E-state index contributed by atoms with van der Waals surface area (Å²) in [5, 5.41) is 4.37. The van der Waals surface area contributed by atoms with E-state index in [2.05, 4.69) is 50.3 Å². The molecule has 1 aliphatic carbocycles. The van der Waals surface area contributed by atoms with Crippen molar-refractivity contribution in [2.75, 3.05) is 10.0 Å². The summed E-state index contributed by atoms with van der Waals surface area (Å²) in [7, 11) is -3.80. The molecule has 2 N–H and O–H groups in total. The number of fused-ring (bicyclic) bond motifs is 3. The summed E-state index contributed by atoms with van der Waals surface area (Å²) in [5.74, 6) is 0.469. The van der Waals surface area contributed by atoms with Gasteiger partial charge in [-0.1, -0.05) is 63.4 Å². The molecular weight excluding hydrogens is 531 g/mol.